The van der Waals surface area contributed by atoms with Crippen LogP contribution in [0, 0.1) is 0 Å². The van der Waals surface area contributed by atoms with Crippen LogP contribution in [0.5, 0.6) is 5.75 Å². The minimum Gasteiger partial charge on any atom is -0.339 e. The Balaban J connectivity index is 2.33. The van der Waals surface area contributed by atoms with E-state index in [-0.39, 0.29) is 0 Å². The van der Waals surface area contributed by atoms with E-state index in [1.807, 2.05) is 48.5 Å². The van der Waals surface area contributed by atoms with Crippen LogP contribution < -0.4 is 4.84 Å². The van der Waals surface area contributed by atoms with E-state index in [0.717, 1.165) is 22.6 Å². The van der Waals surface area contributed by atoms with Crippen LogP contribution in [-0.2, 0) is 0 Å². The summed E-state index contributed by atoms with van der Waals surface area (Å²) < 4.78 is 0. The lowest BCUT2D eigenvalue weighted by Gasteiger charge is -2.04. The molecule has 0 unspecified atom stereocenters. The van der Waals surface area contributed by atoms with Gasteiger partial charge >= 0.3 is 0 Å². The summed E-state index contributed by atoms with van der Waals surface area (Å²) in [5, 5.41) is 7.68. The molecule has 15 heavy (non-hydrogen) atoms. The topological polar surface area (TPSA) is 34.0 Å². The van der Waals surface area contributed by atoms with Crippen molar-refractivity contribution in [3.05, 3.63) is 48.5 Å². The number of rotatable bonds is 0. The zero-order chi connectivity index (χ0) is 10.1. The van der Waals surface area contributed by atoms with Gasteiger partial charge in [0.1, 0.15) is 0 Å². The van der Waals surface area contributed by atoms with Gasteiger partial charge in [-0.05, 0) is 12.1 Å². The Labute approximate surface area is 87.0 Å². The predicted octanol–water partition coefficient (Wildman–Crippen LogP) is 3.74. The fourth-order valence-corrected chi connectivity index (χ4v) is 1.67. The van der Waals surface area contributed by atoms with Crippen molar-refractivity contribution in [3.8, 4) is 16.9 Å². The Kier molecular flexibility index (Phi) is 1.75. The molecule has 0 radical (unpaired) electrons. The third-order valence-electron chi connectivity index (χ3n) is 2.37. The number of benzene rings is 2. The first-order chi connectivity index (χ1) is 7.45. The average molecular weight is 196 g/mol. The highest BCUT2D eigenvalue weighted by molar-refractivity contribution is 5.80. The highest BCUT2D eigenvalue weighted by Crippen LogP contribution is 2.38. The van der Waals surface area contributed by atoms with Gasteiger partial charge in [0.25, 0.3) is 0 Å². The molecule has 0 aromatic heterocycles. The monoisotopic (exact) mass is 196 g/mol. The van der Waals surface area contributed by atoms with E-state index in [9.17, 15) is 0 Å². The molecule has 3 rings (SSSR count). The van der Waals surface area contributed by atoms with Gasteiger partial charge in [0.15, 0.2) is 5.75 Å². The molecule has 2 aromatic carbocycles. The van der Waals surface area contributed by atoms with Gasteiger partial charge in [-0.3, -0.25) is 0 Å². The first-order valence-corrected chi connectivity index (χ1v) is 4.72. The van der Waals surface area contributed by atoms with Gasteiger partial charge in [-0.15, -0.1) is 5.11 Å². The molecule has 1 heterocycles. The molecule has 0 spiro atoms. The van der Waals surface area contributed by atoms with Crippen LogP contribution in [-0.4, -0.2) is 0 Å². The van der Waals surface area contributed by atoms with Crippen molar-refractivity contribution in [2.45, 2.75) is 0 Å². The second-order valence-electron chi connectivity index (χ2n) is 3.29. The van der Waals surface area contributed by atoms with Gasteiger partial charge in [0.05, 0.1) is 5.69 Å². The lowest BCUT2D eigenvalue weighted by molar-refractivity contribution is 0.316. The fraction of sp³-hybridized carbons (Fsp3) is 0. The molecular weight excluding hydrogens is 188 g/mol. The summed E-state index contributed by atoms with van der Waals surface area (Å²) in [6.45, 7) is 0. The van der Waals surface area contributed by atoms with Gasteiger partial charge in [-0.25, -0.2) is 0 Å². The SMILES string of the molecule is c1ccc2c(c1)N=NOc1ccccc1-2. The molecule has 1 aliphatic heterocycles. The predicted molar refractivity (Wildman–Crippen MR) is 57.0 cm³/mol. The maximum Gasteiger partial charge on any atom is 0.167 e. The Hall–Kier alpha value is -2.16. The summed E-state index contributed by atoms with van der Waals surface area (Å²) in [4.78, 5) is 5.19. The van der Waals surface area contributed by atoms with Crippen LogP contribution in [0.1, 0.15) is 0 Å². The number of nitrogens with zero attached hydrogens (tertiary/aromatic N) is 2. The smallest absolute Gasteiger partial charge is 0.167 e. The first-order valence-electron chi connectivity index (χ1n) is 4.72. The standard InChI is InChI=1S/C12H8N2O/c1-3-7-11-9(5-1)10-6-2-4-8-12(10)15-14-13-11/h1-8H. The largest absolute Gasteiger partial charge is 0.339 e. The van der Waals surface area contributed by atoms with Crippen molar-refractivity contribution < 1.29 is 4.84 Å². The number of fused-ring (bicyclic) bond motifs is 3. The zero-order valence-electron chi connectivity index (χ0n) is 7.92. The maximum atomic E-state index is 5.19. The summed E-state index contributed by atoms with van der Waals surface area (Å²) in [5.41, 5.74) is 2.91. The highest BCUT2D eigenvalue weighted by atomic mass is 16.6. The number of hydrogen-bond donors (Lipinski definition) is 0. The summed E-state index contributed by atoms with van der Waals surface area (Å²) in [6, 6.07) is 15.6. The summed E-state index contributed by atoms with van der Waals surface area (Å²) in [5.74, 6) is 0.742. The normalized spacial score (nSPS) is 12.3. The lowest BCUT2D eigenvalue weighted by Crippen LogP contribution is -1.82. The van der Waals surface area contributed by atoms with Gasteiger partial charge < -0.3 is 4.84 Å². The van der Waals surface area contributed by atoms with Gasteiger partial charge in [-0.1, -0.05) is 36.4 Å². The second kappa shape index (κ2) is 3.20. The number of para-hydroxylation sites is 1. The molecule has 0 aliphatic carbocycles. The van der Waals surface area contributed by atoms with Crippen LogP contribution in [0.2, 0.25) is 0 Å². The van der Waals surface area contributed by atoms with Crippen LogP contribution >= 0.6 is 0 Å². The summed E-state index contributed by atoms with van der Waals surface area (Å²) >= 11 is 0. The van der Waals surface area contributed by atoms with Crippen LogP contribution in [0.15, 0.2) is 58.9 Å². The highest BCUT2D eigenvalue weighted by Gasteiger charge is 2.12. The van der Waals surface area contributed by atoms with E-state index in [2.05, 4.69) is 10.4 Å². The van der Waals surface area contributed by atoms with Crippen LogP contribution in [0.25, 0.3) is 11.1 Å². The zero-order valence-corrected chi connectivity index (χ0v) is 7.92. The Morgan fingerprint density at radius 2 is 1.53 bits per heavy atom. The third-order valence-corrected chi connectivity index (χ3v) is 2.37. The lowest BCUT2D eigenvalue weighted by atomic mass is 10.0. The first kappa shape index (κ1) is 8.17. The van der Waals surface area contributed by atoms with E-state index in [4.69, 9.17) is 4.84 Å². The van der Waals surface area contributed by atoms with Crippen molar-refractivity contribution >= 4 is 5.69 Å². The molecule has 0 amide bonds. The Bertz CT molecular complexity index is 535. The molecule has 0 fully saturated rings. The molecule has 1 aliphatic rings. The molecule has 0 N–H and O–H groups in total. The van der Waals surface area contributed by atoms with E-state index in [1.54, 1.807) is 0 Å². The fourth-order valence-electron chi connectivity index (χ4n) is 1.67. The molecule has 72 valence electrons. The maximum absolute atomic E-state index is 5.19. The van der Waals surface area contributed by atoms with Crippen molar-refractivity contribution in [3.63, 3.8) is 0 Å². The minimum atomic E-state index is 0.742. The summed E-state index contributed by atoms with van der Waals surface area (Å²) in [7, 11) is 0. The van der Waals surface area contributed by atoms with E-state index < -0.39 is 0 Å². The van der Waals surface area contributed by atoms with E-state index in [0.29, 0.717) is 0 Å². The quantitative estimate of drug-likeness (QED) is 0.631. The third kappa shape index (κ3) is 1.29. The molecule has 0 bridgehead atoms. The Morgan fingerprint density at radius 1 is 0.800 bits per heavy atom. The number of hydrogen-bond acceptors (Lipinski definition) is 3. The average Bonchev–Trinajstić information content (AvgIpc) is 2.48. The Morgan fingerprint density at radius 3 is 2.47 bits per heavy atom. The molecule has 0 atom stereocenters. The van der Waals surface area contributed by atoms with Crippen molar-refractivity contribution in [2.75, 3.05) is 0 Å². The molecular formula is C12H8N2O. The van der Waals surface area contributed by atoms with E-state index >= 15 is 0 Å². The molecule has 0 saturated carbocycles. The van der Waals surface area contributed by atoms with Crippen LogP contribution in [0.4, 0.5) is 5.69 Å². The van der Waals surface area contributed by atoms with Crippen molar-refractivity contribution in [2.24, 2.45) is 10.4 Å². The van der Waals surface area contributed by atoms with Crippen molar-refractivity contribution in [1.82, 2.24) is 0 Å². The molecule has 3 nitrogen and oxygen atoms in total. The molecule has 0 saturated heterocycles. The molecule has 2 aromatic rings. The second-order valence-corrected chi connectivity index (χ2v) is 3.29. The van der Waals surface area contributed by atoms with Crippen molar-refractivity contribution in [1.29, 1.82) is 0 Å². The van der Waals surface area contributed by atoms with Crippen LogP contribution in [0.3, 0.4) is 0 Å². The van der Waals surface area contributed by atoms with Gasteiger partial charge in [0.2, 0.25) is 0 Å². The van der Waals surface area contributed by atoms with Gasteiger partial charge in [0, 0.05) is 16.4 Å². The van der Waals surface area contributed by atoms with Gasteiger partial charge in [-0.2, -0.15) is 0 Å². The van der Waals surface area contributed by atoms with E-state index in [1.165, 1.54) is 0 Å². The minimum absolute atomic E-state index is 0.742. The molecule has 3 heteroatoms. The summed E-state index contributed by atoms with van der Waals surface area (Å²) in [6.07, 6.45) is 0.